The Morgan fingerprint density at radius 3 is 1.03 bits per heavy atom. The van der Waals surface area contributed by atoms with Gasteiger partial charge in [0.15, 0.2) is 23.1 Å². The number of nitrogens with zero attached hydrogens (tertiary/aromatic N) is 5. The van der Waals surface area contributed by atoms with E-state index in [2.05, 4.69) is 90.4 Å². The smallest absolute Gasteiger partial charge is 0.159 e. The molecule has 4 saturated heterocycles. The lowest BCUT2D eigenvalue weighted by atomic mass is 9.71. The van der Waals surface area contributed by atoms with E-state index in [0.717, 1.165) is 177 Å². The molecule has 552 valence electrons. The predicted octanol–water partition coefficient (Wildman–Crippen LogP) is 16.2. The maximum atomic E-state index is 12.2. The minimum Gasteiger partial charge on any atom is -0.380 e. The van der Waals surface area contributed by atoms with E-state index in [4.69, 9.17) is 0 Å². The Morgan fingerprint density at radius 2 is 0.686 bits per heavy atom. The Kier molecular flexibility index (Phi) is 27.6. The van der Waals surface area contributed by atoms with Crippen LogP contribution in [0.2, 0.25) is 0 Å². The Morgan fingerprint density at radius 1 is 0.390 bits per heavy atom. The van der Waals surface area contributed by atoms with Crippen molar-refractivity contribution in [2.75, 3.05) is 80.0 Å². The van der Waals surface area contributed by atoms with E-state index in [-0.39, 0.29) is 54.2 Å². The fraction of sp³-hybridized carbons (Fsp3) is 0.380. The van der Waals surface area contributed by atoms with Crippen molar-refractivity contribution in [3.05, 3.63) is 303 Å². The average molecular weight is 1410 g/mol. The normalized spacial score (nSPS) is 18.3. The third kappa shape index (κ3) is 18.6. The van der Waals surface area contributed by atoms with Crippen LogP contribution >= 0.6 is 0 Å². The third-order valence-electron chi connectivity index (χ3n) is 22.6. The van der Waals surface area contributed by atoms with Gasteiger partial charge < -0.3 is 35.1 Å². The summed E-state index contributed by atoms with van der Waals surface area (Å²) >= 11 is 0. The molecule has 4 N–H and O–H groups in total. The molecule has 9 aromatic rings. The van der Waals surface area contributed by atoms with Gasteiger partial charge in [0.2, 0.25) is 0 Å². The average Bonchev–Trinajstić information content (AvgIpc) is 0.769. The summed E-state index contributed by atoms with van der Waals surface area (Å²) in [6.45, 7) is 22.9. The fourth-order valence-electron chi connectivity index (χ4n) is 16.2. The van der Waals surface area contributed by atoms with Crippen LogP contribution in [0.5, 0.6) is 0 Å². The molecule has 4 fully saturated rings. The van der Waals surface area contributed by atoms with Crippen LogP contribution in [0.25, 0.3) is 10.9 Å². The molecule has 0 bridgehead atoms. The molecule has 13 nitrogen and oxygen atoms in total. The number of benzene rings is 8. The second-order valence-electron chi connectivity index (χ2n) is 29.7. The lowest BCUT2D eigenvalue weighted by Crippen LogP contribution is -2.44. The van der Waals surface area contributed by atoms with Crippen LogP contribution in [0, 0.1) is 37.5 Å². The molecule has 0 saturated carbocycles. The SMILES string of the molecule is C.C=CCN1CCC(C(O)(c2ccccc2)c2ccc(C(C)=O)cc2)CC1.CC(=O)c1ccc(C(O)(c2cccc(C)c2)C2CCN(C)CC2)cc1.CC(=O)c1ccc(C(O)(c2cccc(C)c2)C2CCN(C)CC2)cc1.CC(=O)c1ccc(C(O)(c2cccc3cccnc23)C2CCN(C)CC2)cc1. The second-order valence-corrected chi connectivity index (χ2v) is 29.7. The summed E-state index contributed by atoms with van der Waals surface area (Å²) in [4.78, 5) is 60.4. The zero-order chi connectivity index (χ0) is 74.3. The number of aromatic nitrogens is 1. The van der Waals surface area contributed by atoms with Crippen LogP contribution in [0.3, 0.4) is 0 Å². The van der Waals surface area contributed by atoms with Crippen LogP contribution in [0.15, 0.2) is 225 Å². The number of carbonyl (C=O) groups is 4. The van der Waals surface area contributed by atoms with Gasteiger partial charge in [0.05, 0.1) is 5.52 Å². The topological polar surface area (TPSA) is 175 Å². The number of aliphatic hydroxyl groups is 4. The van der Waals surface area contributed by atoms with E-state index in [0.29, 0.717) is 22.3 Å². The van der Waals surface area contributed by atoms with E-state index in [9.17, 15) is 39.6 Å². The molecule has 13 heteroatoms. The highest BCUT2D eigenvalue weighted by Gasteiger charge is 2.46. The zero-order valence-corrected chi connectivity index (χ0v) is 62.5. The van der Waals surface area contributed by atoms with Crippen LogP contribution in [0.4, 0.5) is 0 Å². The molecule has 8 aromatic carbocycles. The molecular formula is C92H111N5O8. The first-order chi connectivity index (χ1) is 49.9. The number of pyridine rings is 1. The van der Waals surface area contributed by atoms with E-state index in [1.165, 1.54) is 0 Å². The van der Waals surface area contributed by atoms with E-state index < -0.39 is 22.4 Å². The number of hydrogen-bond acceptors (Lipinski definition) is 13. The summed E-state index contributed by atoms with van der Waals surface area (Å²) in [7, 11) is 6.38. The Bertz CT molecular complexity index is 4210. The third-order valence-corrected chi connectivity index (χ3v) is 22.6. The number of aryl methyl sites for hydroxylation is 2. The molecule has 4 aliphatic heterocycles. The van der Waals surface area contributed by atoms with Gasteiger partial charge in [0.25, 0.3) is 0 Å². The van der Waals surface area contributed by atoms with Crippen LogP contribution < -0.4 is 0 Å². The minimum absolute atomic E-state index is 0. The van der Waals surface area contributed by atoms with Crippen molar-refractivity contribution in [3.63, 3.8) is 0 Å². The highest BCUT2D eigenvalue weighted by Crippen LogP contribution is 2.47. The maximum absolute atomic E-state index is 12.2. The van der Waals surface area contributed by atoms with Crippen molar-refractivity contribution in [1.29, 1.82) is 0 Å². The molecule has 0 amide bonds. The second kappa shape index (κ2) is 36.0. The highest BCUT2D eigenvalue weighted by molar-refractivity contribution is 5.95. The zero-order valence-electron chi connectivity index (χ0n) is 62.5. The first kappa shape index (κ1) is 80.4. The molecule has 1 aromatic heterocycles. The lowest BCUT2D eigenvalue weighted by molar-refractivity contribution is -0.0127. The number of fused-ring (bicyclic) bond motifs is 1. The van der Waals surface area contributed by atoms with E-state index in [1.54, 1.807) is 33.9 Å². The first-order valence-corrected chi connectivity index (χ1v) is 37.2. The number of carbonyl (C=O) groups excluding carboxylic acids is 4. The van der Waals surface area contributed by atoms with Crippen LogP contribution in [-0.4, -0.2) is 148 Å². The molecule has 13 rings (SSSR count). The van der Waals surface area contributed by atoms with Crippen molar-refractivity contribution in [2.24, 2.45) is 23.7 Å². The van der Waals surface area contributed by atoms with Gasteiger partial charge in [0.1, 0.15) is 22.4 Å². The van der Waals surface area contributed by atoms with Gasteiger partial charge in [-0.15, -0.1) is 6.58 Å². The quantitative estimate of drug-likeness (QED) is 0.0472. The van der Waals surface area contributed by atoms with Crippen LogP contribution in [0.1, 0.15) is 184 Å². The van der Waals surface area contributed by atoms with Gasteiger partial charge in [0, 0.05) is 45.9 Å². The lowest BCUT2D eigenvalue weighted by Gasteiger charge is -2.42. The van der Waals surface area contributed by atoms with Crippen molar-refractivity contribution in [2.45, 2.75) is 123 Å². The van der Waals surface area contributed by atoms with Gasteiger partial charge in [-0.25, -0.2) is 0 Å². The minimum atomic E-state index is -1.15. The Hall–Kier alpha value is -8.73. The molecule has 4 aliphatic rings. The van der Waals surface area contributed by atoms with Gasteiger partial charge in [-0.3, -0.25) is 29.1 Å². The number of ketones is 4. The van der Waals surface area contributed by atoms with Gasteiger partial charge >= 0.3 is 0 Å². The summed E-state index contributed by atoms with van der Waals surface area (Å²) in [5.41, 5.74) is 8.63. The van der Waals surface area contributed by atoms with Crippen molar-refractivity contribution in [1.82, 2.24) is 24.6 Å². The Labute approximate surface area is 624 Å². The Balaban J connectivity index is 0.000000162. The number of para-hydroxylation sites is 1. The largest absolute Gasteiger partial charge is 0.380 e. The van der Waals surface area contributed by atoms with Gasteiger partial charge in [-0.1, -0.05) is 225 Å². The molecule has 105 heavy (non-hydrogen) atoms. The number of hydrogen-bond donors (Lipinski definition) is 4. The van der Waals surface area contributed by atoms with Crippen molar-refractivity contribution >= 4 is 34.0 Å². The number of Topliss-reactive ketones (excluding diaryl/α,β-unsaturated/α-hetero) is 4. The summed E-state index contributed by atoms with van der Waals surface area (Å²) in [5.74, 6) is 0.699. The van der Waals surface area contributed by atoms with Crippen molar-refractivity contribution < 1.29 is 39.6 Å². The summed E-state index contributed by atoms with van der Waals surface area (Å²) in [5, 5.41) is 49.0. The molecule has 0 aliphatic carbocycles. The highest BCUT2D eigenvalue weighted by atomic mass is 16.3. The molecule has 0 spiro atoms. The number of piperidine rings is 4. The fourth-order valence-corrected chi connectivity index (χ4v) is 16.2. The standard InChI is InChI=1S/C24H26N2O2.C23H27NO2.2C22H27NO2.CH4/c1-17(27)18-8-10-20(11-9-18)24(28,21-12-15-26(2)16-13-21)22-7-3-5-19-6-4-14-25-23(19)22;1-3-15-24-16-13-22(14-17-24)23(26,20-7-5-4-6-8-20)21-11-9-19(10-12-21)18(2)25;2*1-16-5-4-6-21(15-16)22(25,20-11-13-23(3)14-12-20)19-9-7-18(8-10-19)17(2)24;/h3-11,14,21,28H,12-13,15-16H2,1-2H3;3-12,22,26H,1,13-17H2,2H3;2*4-10,15,20,25H,11-14H2,1-3H3;1H4. The van der Waals surface area contributed by atoms with E-state index in [1.807, 2.05) is 188 Å². The summed E-state index contributed by atoms with van der Waals surface area (Å²) in [6.07, 6.45) is 11.2. The maximum Gasteiger partial charge on any atom is 0.159 e. The van der Waals surface area contributed by atoms with Crippen LogP contribution in [-0.2, 0) is 22.4 Å². The summed E-state index contributed by atoms with van der Waals surface area (Å²) < 4.78 is 0. The summed E-state index contributed by atoms with van der Waals surface area (Å²) in [6, 6.07) is 66.0. The molecule has 4 unspecified atom stereocenters. The van der Waals surface area contributed by atoms with E-state index >= 15 is 0 Å². The molecule has 0 radical (unpaired) electrons. The van der Waals surface area contributed by atoms with Gasteiger partial charge in [-0.2, -0.15) is 0 Å². The molecular weight excluding hydrogens is 1300 g/mol. The number of likely N-dealkylation sites (tertiary alicyclic amines) is 4. The first-order valence-electron chi connectivity index (χ1n) is 37.2. The van der Waals surface area contributed by atoms with Crippen molar-refractivity contribution in [3.8, 4) is 0 Å². The molecule has 5 heterocycles. The molecule has 4 atom stereocenters. The van der Waals surface area contributed by atoms with Gasteiger partial charge in [-0.05, 0) is 235 Å². The predicted molar refractivity (Wildman–Crippen MR) is 425 cm³/mol. The monoisotopic (exact) mass is 1410 g/mol. The number of rotatable bonds is 18.